The number of aliphatic hydroxyl groups is 1. The van der Waals surface area contributed by atoms with Crippen LogP contribution in [0.25, 0.3) is 0 Å². The van der Waals surface area contributed by atoms with Crippen molar-refractivity contribution >= 4 is 11.4 Å². The molecule has 4 heteroatoms. The van der Waals surface area contributed by atoms with Gasteiger partial charge in [0.2, 0.25) is 0 Å². The Morgan fingerprint density at radius 3 is 2.50 bits per heavy atom. The van der Waals surface area contributed by atoms with Crippen molar-refractivity contribution in [2.45, 2.75) is 39.4 Å². The maximum Gasteiger partial charge on any atom is 0.123 e. The molecule has 0 amide bonds. The van der Waals surface area contributed by atoms with Gasteiger partial charge in [-0.15, -0.1) is 0 Å². The molecule has 0 saturated carbocycles. The molecule has 1 rings (SSSR count). The van der Waals surface area contributed by atoms with Gasteiger partial charge in [-0.2, -0.15) is 0 Å². The van der Waals surface area contributed by atoms with Crippen LogP contribution in [0, 0.1) is 0 Å². The van der Waals surface area contributed by atoms with Crippen LogP contribution >= 0.6 is 0 Å². The standard InChI is InChI=1S/C14H24N2O2/c1-10(2)18-14-8-12(15)7-13(9-14)16(4)6-5-11(3)17/h7-11,17H,5-6,15H2,1-4H3. The largest absolute Gasteiger partial charge is 0.491 e. The van der Waals surface area contributed by atoms with Crippen LogP contribution in [0.4, 0.5) is 11.4 Å². The molecule has 1 atom stereocenters. The summed E-state index contributed by atoms with van der Waals surface area (Å²) in [6, 6.07) is 5.71. The van der Waals surface area contributed by atoms with Gasteiger partial charge in [0.25, 0.3) is 0 Å². The van der Waals surface area contributed by atoms with E-state index in [1.54, 1.807) is 6.92 Å². The van der Waals surface area contributed by atoms with E-state index in [4.69, 9.17) is 10.5 Å². The van der Waals surface area contributed by atoms with Crippen molar-refractivity contribution in [1.29, 1.82) is 0 Å². The number of benzene rings is 1. The average Bonchev–Trinajstić information content (AvgIpc) is 2.23. The van der Waals surface area contributed by atoms with Crippen molar-refractivity contribution in [1.82, 2.24) is 0 Å². The van der Waals surface area contributed by atoms with Crippen LogP contribution in [-0.4, -0.2) is 30.9 Å². The van der Waals surface area contributed by atoms with Crippen LogP contribution in [0.15, 0.2) is 18.2 Å². The molecule has 0 aliphatic carbocycles. The first-order valence-electron chi connectivity index (χ1n) is 6.35. The summed E-state index contributed by atoms with van der Waals surface area (Å²) in [6.45, 7) is 6.54. The number of ether oxygens (including phenoxy) is 1. The minimum absolute atomic E-state index is 0.127. The molecule has 0 fully saturated rings. The van der Waals surface area contributed by atoms with Crippen LogP contribution in [0.5, 0.6) is 5.75 Å². The van der Waals surface area contributed by atoms with Gasteiger partial charge >= 0.3 is 0 Å². The van der Waals surface area contributed by atoms with Gasteiger partial charge in [-0.1, -0.05) is 0 Å². The molecule has 4 nitrogen and oxygen atoms in total. The zero-order valence-corrected chi connectivity index (χ0v) is 11.7. The fraction of sp³-hybridized carbons (Fsp3) is 0.571. The summed E-state index contributed by atoms with van der Waals surface area (Å²) in [7, 11) is 1.98. The van der Waals surface area contributed by atoms with E-state index in [9.17, 15) is 5.11 Å². The molecule has 1 aromatic rings. The number of nitrogens with zero attached hydrogens (tertiary/aromatic N) is 1. The molecule has 0 aliphatic heterocycles. The van der Waals surface area contributed by atoms with Gasteiger partial charge in [0.15, 0.2) is 0 Å². The van der Waals surface area contributed by atoms with E-state index in [0.29, 0.717) is 5.69 Å². The summed E-state index contributed by atoms with van der Waals surface area (Å²) in [5.74, 6) is 0.781. The lowest BCUT2D eigenvalue weighted by Crippen LogP contribution is -2.22. The van der Waals surface area contributed by atoms with Crippen LogP contribution in [0.2, 0.25) is 0 Å². The molecule has 0 radical (unpaired) electrons. The highest BCUT2D eigenvalue weighted by Gasteiger charge is 2.07. The summed E-state index contributed by atoms with van der Waals surface area (Å²) >= 11 is 0. The Morgan fingerprint density at radius 2 is 1.94 bits per heavy atom. The second-order valence-electron chi connectivity index (χ2n) is 4.99. The van der Waals surface area contributed by atoms with Crippen LogP contribution in [0.1, 0.15) is 27.2 Å². The smallest absolute Gasteiger partial charge is 0.123 e. The minimum atomic E-state index is -0.292. The molecule has 3 N–H and O–H groups in total. The van der Waals surface area contributed by atoms with Gasteiger partial charge in [0.1, 0.15) is 5.75 Å². The zero-order valence-electron chi connectivity index (χ0n) is 11.7. The summed E-state index contributed by atoms with van der Waals surface area (Å²) in [4.78, 5) is 2.07. The second-order valence-corrected chi connectivity index (χ2v) is 4.99. The van der Waals surface area contributed by atoms with Crippen molar-refractivity contribution in [2.75, 3.05) is 24.2 Å². The average molecular weight is 252 g/mol. The Kier molecular flexibility index (Phi) is 5.28. The molecule has 1 aromatic carbocycles. The molecule has 0 aliphatic rings. The van der Waals surface area contributed by atoms with Crippen molar-refractivity contribution < 1.29 is 9.84 Å². The van der Waals surface area contributed by atoms with Gasteiger partial charge in [-0.3, -0.25) is 0 Å². The Bertz CT molecular complexity index is 378. The number of hydrogen-bond acceptors (Lipinski definition) is 4. The SMILES string of the molecule is CC(O)CCN(C)c1cc(N)cc(OC(C)C)c1. The third-order valence-electron chi connectivity index (χ3n) is 2.61. The number of rotatable bonds is 6. The fourth-order valence-corrected chi connectivity index (χ4v) is 1.68. The zero-order chi connectivity index (χ0) is 13.7. The van der Waals surface area contributed by atoms with Gasteiger partial charge < -0.3 is 20.5 Å². The van der Waals surface area contributed by atoms with Crippen molar-refractivity contribution in [3.8, 4) is 5.75 Å². The van der Waals surface area contributed by atoms with E-state index in [-0.39, 0.29) is 12.2 Å². The van der Waals surface area contributed by atoms with Gasteiger partial charge in [0.05, 0.1) is 12.2 Å². The topological polar surface area (TPSA) is 58.7 Å². The molecule has 102 valence electrons. The first-order valence-corrected chi connectivity index (χ1v) is 6.35. The highest BCUT2D eigenvalue weighted by molar-refractivity contribution is 5.60. The van der Waals surface area contributed by atoms with E-state index < -0.39 is 0 Å². The number of nitrogens with two attached hydrogens (primary N) is 1. The van der Waals surface area contributed by atoms with Crippen LogP contribution in [-0.2, 0) is 0 Å². The van der Waals surface area contributed by atoms with Gasteiger partial charge in [0, 0.05) is 37.1 Å². The number of hydrogen-bond donors (Lipinski definition) is 2. The Morgan fingerprint density at radius 1 is 1.28 bits per heavy atom. The summed E-state index contributed by atoms with van der Waals surface area (Å²) < 4.78 is 5.66. The van der Waals surface area contributed by atoms with Crippen molar-refractivity contribution in [3.05, 3.63) is 18.2 Å². The van der Waals surface area contributed by atoms with Gasteiger partial charge in [-0.05, 0) is 33.3 Å². The molecule has 1 unspecified atom stereocenters. The number of aliphatic hydroxyl groups excluding tert-OH is 1. The summed E-state index contributed by atoms with van der Waals surface area (Å²) in [5, 5.41) is 9.30. The lowest BCUT2D eigenvalue weighted by atomic mass is 10.2. The predicted octanol–water partition coefficient (Wildman–Crippen LogP) is 2.26. The van der Waals surface area contributed by atoms with Gasteiger partial charge in [-0.25, -0.2) is 0 Å². The van der Waals surface area contributed by atoms with Crippen LogP contribution in [0.3, 0.4) is 0 Å². The summed E-state index contributed by atoms with van der Waals surface area (Å²) in [5.41, 5.74) is 7.57. The minimum Gasteiger partial charge on any atom is -0.491 e. The molecule has 18 heavy (non-hydrogen) atoms. The van der Waals surface area contributed by atoms with Crippen molar-refractivity contribution in [3.63, 3.8) is 0 Å². The molecule has 0 heterocycles. The maximum atomic E-state index is 9.30. The van der Waals surface area contributed by atoms with Crippen molar-refractivity contribution in [2.24, 2.45) is 0 Å². The monoisotopic (exact) mass is 252 g/mol. The Balaban J connectivity index is 2.78. The Hall–Kier alpha value is -1.42. The highest BCUT2D eigenvalue weighted by atomic mass is 16.5. The predicted molar refractivity (Wildman–Crippen MR) is 76.2 cm³/mol. The number of nitrogen functional groups attached to an aromatic ring is 1. The fourth-order valence-electron chi connectivity index (χ4n) is 1.68. The molecular formula is C14H24N2O2. The maximum absolute atomic E-state index is 9.30. The molecule has 0 aromatic heterocycles. The van der Waals surface area contributed by atoms with E-state index in [1.165, 1.54) is 0 Å². The highest BCUT2D eigenvalue weighted by Crippen LogP contribution is 2.25. The summed E-state index contributed by atoms with van der Waals surface area (Å²) in [6.07, 6.45) is 0.563. The number of anilines is 2. The first-order chi connectivity index (χ1) is 8.38. The molecule has 0 saturated heterocycles. The third kappa shape index (κ3) is 4.84. The van der Waals surface area contributed by atoms with E-state index in [2.05, 4.69) is 4.90 Å². The van der Waals surface area contributed by atoms with E-state index >= 15 is 0 Å². The molecule has 0 spiro atoms. The quantitative estimate of drug-likeness (QED) is 0.762. The lowest BCUT2D eigenvalue weighted by molar-refractivity contribution is 0.187. The third-order valence-corrected chi connectivity index (χ3v) is 2.61. The molecule has 0 bridgehead atoms. The van der Waals surface area contributed by atoms with Crippen LogP contribution < -0.4 is 15.4 Å². The molecular weight excluding hydrogens is 228 g/mol. The van der Waals surface area contributed by atoms with E-state index in [1.807, 2.05) is 39.1 Å². The first kappa shape index (κ1) is 14.6. The Labute approximate surface area is 109 Å². The van der Waals surface area contributed by atoms with E-state index in [0.717, 1.165) is 24.4 Å². The lowest BCUT2D eigenvalue weighted by Gasteiger charge is -2.22. The second kappa shape index (κ2) is 6.50. The normalized spacial score (nSPS) is 12.6.